The number of hydrogen-bond donors (Lipinski definition) is 0. The standard InChI is InChI=1S/C9H16F2/c1-6-3-4-8(10)7(2)9(11)5-6/h6-9H,3-5H2,1-2H3. The molecule has 1 aliphatic carbocycles. The van der Waals surface area contributed by atoms with Gasteiger partial charge in [-0.1, -0.05) is 13.8 Å². The Balaban J connectivity index is 2.53. The molecule has 0 bridgehead atoms. The van der Waals surface area contributed by atoms with Crippen molar-refractivity contribution < 1.29 is 8.78 Å². The highest BCUT2D eigenvalue weighted by atomic mass is 19.1. The van der Waals surface area contributed by atoms with Crippen LogP contribution in [0.25, 0.3) is 0 Å². The average molecular weight is 162 g/mol. The van der Waals surface area contributed by atoms with E-state index in [1.54, 1.807) is 6.92 Å². The van der Waals surface area contributed by atoms with Gasteiger partial charge in [-0.3, -0.25) is 0 Å². The van der Waals surface area contributed by atoms with E-state index in [0.717, 1.165) is 6.42 Å². The summed E-state index contributed by atoms with van der Waals surface area (Å²) in [5.74, 6) is -0.0341. The molecule has 0 nitrogen and oxygen atoms in total. The summed E-state index contributed by atoms with van der Waals surface area (Å²) in [6.45, 7) is 3.67. The molecule has 4 unspecified atom stereocenters. The Labute approximate surface area is 67.0 Å². The Bertz CT molecular complexity index is 125. The number of rotatable bonds is 0. The molecule has 1 saturated carbocycles. The smallest absolute Gasteiger partial charge is 0.106 e. The van der Waals surface area contributed by atoms with Gasteiger partial charge in [0.15, 0.2) is 0 Å². The molecule has 2 heteroatoms. The molecule has 11 heavy (non-hydrogen) atoms. The van der Waals surface area contributed by atoms with Crippen molar-refractivity contribution in [2.24, 2.45) is 11.8 Å². The van der Waals surface area contributed by atoms with Gasteiger partial charge >= 0.3 is 0 Å². The second kappa shape index (κ2) is 3.51. The van der Waals surface area contributed by atoms with E-state index in [0.29, 0.717) is 18.8 Å². The number of halogens is 2. The molecule has 0 aliphatic heterocycles. The first-order chi connectivity index (χ1) is 5.11. The van der Waals surface area contributed by atoms with Crippen LogP contribution in [0.3, 0.4) is 0 Å². The third kappa shape index (κ3) is 2.14. The van der Waals surface area contributed by atoms with E-state index in [1.807, 2.05) is 6.92 Å². The molecule has 0 aromatic carbocycles. The lowest BCUT2D eigenvalue weighted by molar-refractivity contribution is 0.140. The molecular weight excluding hydrogens is 146 g/mol. The zero-order valence-corrected chi connectivity index (χ0v) is 7.19. The van der Waals surface area contributed by atoms with E-state index in [2.05, 4.69) is 0 Å². The fraction of sp³-hybridized carbons (Fsp3) is 1.00. The van der Waals surface area contributed by atoms with Gasteiger partial charge in [0.1, 0.15) is 12.3 Å². The molecule has 0 heterocycles. The van der Waals surface area contributed by atoms with E-state index in [4.69, 9.17) is 0 Å². The maximum absolute atomic E-state index is 13.1. The molecule has 1 rings (SSSR count). The van der Waals surface area contributed by atoms with E-state index in [-0.39, 0.29) is 5.92 Å². The van der Waals surface area contributed by atoms with Crippen LogP contribution in [-0.2, 0) is 0 Å². The Morgan fingerprint density at radius 3 is 2.27 bits per heavy atom. The SMILES string of the molecule is CC1CCC(F)C(C)C(F)C1. The summed E-state index contributed by atoms with van der Waals surface area (Å²) in [6.07, 6.45) is 0.0773. The molecule has 0 saturated heterocycles. The van der Waals surface area contributed by atoms with Crippen molar-refractivity contribution in [3.8, 4) is 0 Å². The predicted octanol–water partition coefficient (Wildman–Crippen LogP) is 3.12. The molecule has 0 N–H and O–H groups in total. The molecule has 1 aliphatic rings. The molecule has 66 valence electrons. The van der Waals surface area contributed by atoms with Crippen molar-refractivity contribution in [1.29, 1.82) is 0 Å². The minimum absolute atomic E-state index is 0.355. The molecule has 0 radical (unpaired) electrons. The summed E-state index contributed by atoms with van der Waals surface area (Å²) in [5.41, 5.74) is 0. The number of hydrogen-bond acceptors (Lipinski definition) is 0. The molecule has 1 fully saturated rings. The maximum atomic E-state index is 13.1. The van der Waals surface area contributed by atoms with Crippen LogP contribution in [0.5, 0.6) is 0 Å². The summed E-state index contributed by atoms with van der Waals surface area (Å²) in [6, 6.07) is 0. The minimum atomic E-state index is -0.928. The van der Waals surface area contributed by atoms with E-state index in [1.165, 1.54) is 0 Å². The van der Waals surface area contributed by atoms with E-state index < -0.39 is 12.3 Å². The lowest BCUT2D eigenvalue weighted by Crippen LogP contribution is -2.21. The highest BCUT2D eigenvalue weighted by Gasteiger charge is 2.30. The number of alkyl halides is 2. The highest BCUT2D eigenvalue weighted by molar-refractivity contribution is 4.79. The normalized spacial score (nSPS) is 46.9. The van der Waals surface area contributed by atoms with Gasteiger partial charge in [-0.05, 0) is 25.2 Å². The first-order valence-corrected chi connectivity index (χ1v) is 4.39. The van der Waals surface area contributed by atoms with Gasteiger partial charge in [-0.25, -0.2) is 8.78 Å². The van der Waals surface area contributed by atoms with Crippen LogP contribution in [0.2, 0.25) is 0 Å². The van der Waals surface area contributed by atoms with Crippen LogP contribution < -0.4 is 0 Å². The zero-order chi connectivity index (χ0) is 8.43. The lowest BCUT2D eigenvalue weighted by Gasteiger charge is -2.16. The van der Waals surface area contributed by atoms with Crippen LogP contribution in [0.15, 0.2) is 0 Å². The van der Waals surface area contributed by atoms with Crippen LogP contribution in [-0.4, -0.2) is 12.3 Å². The van der Waals surface area contributed by atoms with E-state index in [9.17, 15) is 8.78 Å². The topological polar surface area (TPSA) is 0 Å². The maximum Gasteiger partial charge on any atom is 0.106 e. The van der Waals surface area contributed by atoms with E-state index >= 15 is 0 Å². The quantitative estimate of drug-likeness (QED) is 0.480. The Morgan fingerprint density at radius 1 is 1.00 bits per heavy atom. The van der Waals surface area contributed by atoms with Crippen LogP contribution in [0, 0.1) is 11.8 Å². The largest absolute Gasteiger partial charge is 0.247 e. The molecule has 4 atom stereocenters. The van der Waals surface area contributed by atoms with Crippen molar-refractivity contribution in [3.63, 3.8) is 0 Å². The molecule has 0 spiro atoms. The highest BCUT2D eigenvalue weighted by Crippen LogP contribution is 2.30. The first-order valence-electron chi connectivity index (χ1n) is 4.39. The van der Waals surface area contributed by atoms with Gasteiger partial charge in [-0.15, -0.1) is 0 Å². The molecule has 0 aromatic heterocycles. The second-order valence-corrected chi connectivity index (χ2v) is 3.81. The van der Waals surface area contributed by atoms with Crippen molar-refractivity contribution in [3.05, 3.63) is 0 Å². The van der Waals surface area contributed by atoms with Crippen LogP contribution in [0.4, 0.5) is 8.78 Å². The van der Waals surface area contributed by atoms with Gasteiger partial charge in [0.05, 0.1) is 0 Å². The monoisotopic (exact) mass is 162 g/mol. The molecular formula is C9H16F2. The third-order valence-corrected chi connectivity index (χ3v) is 2.70. The summed E-state index contributed by atoms with van der Waals surface area (Å²) < 4.78 is 26.1. The van der Waals surface area contributed by atoms with Gasteiger partial charge in [0, 0.05) is 5.92 Å². The van der Waals surface area contributed by atoms with Crippen molar-refractivity contribution >= 4 is 0 Å². The average Bonchev–Trinajstić information content (AvgIpc) is 2.05. The van der Waals surface area contributed by atoms with Crippen molar-refractivity contribution in [2.75, 3.05) is 0 Å². The van der Waals surface area contributed by atoms with Crippen molar-refractivity contribution in [2.45, 2.75) is 45.5 Å². The van der Waals surface area contributed by atoms with Gasteiger partial charge < -0.3 is 0 Å². The first kappa shape index (κ1) is 8.95. The second-order valence-electron chi connectivity index (χ2n) is 3.81. The predicted molar refractivity (Wildman–Crippen MR) is 42.0 cm³/mol. The van der Waals surface area contributed by atoms with Gasteiger partial charge in [0.25, 0.3) is 0 Å². The zero-order valence-electron chi connectivity index (χ0n) is 7.19. The summed E-state index contributed by atoms with van der Waals surface area (Å²) >= 11 is 0. The summed E-state index contributed by atoms with van der Waals surface area (Å²) in [5, 5.41) is 0. The summed E-state index contributed by atoms with van der Waals surface area (Å²) in [7, 11) is 0. The third-order valence-electron chi connectivity index (χ3n) is 2.70. The molecule has 0 amide bonds. The van der Waals surface area contributed by atoms with Gasteiger partial charge in [0.2, 0.25) is 0 Å². The lowest BCUT2D eigenvalue weighted by atomic mass is 9.98. The fourth-order valence-electron chi connectivity index (χ4n) is 1.65. The Morgan fingerprint density at radius 2 is 1.64 bits per heavy atom. The van der Waals surface area contributed by atoms with Gasteiger partial charge in [-0.2, -0.15) is 0 Å². The summed E-state index contributed by atoms with van der Waals surface area (Å²) in [4.78, 5) is 0. The fourth-order valence-corrected chi connectivity index (χ4v) is 1.65. The minimum Gasteiger partial charge on any atom is -0.247 e. The van der Waals surface area contributed by atoms with Crippen LogP contribution >= 0.6 is 0 Å². The van der Waals surface area contributed by atoms with Crippen LogP contribution in [0.1, 0.15) is 33.1 Å². The Hall–Kier alpha value is -0.140. The van der Waals surface area contributed by atoms with Crippen molar-refractivity contribution in [1.82, 2.24) is 0 Å². The molecule has 0 aromatic rings. The Kier molecular flexibility index (Phi) is 2.85.